The second kappa shape index (κ2) is 10.1. The Morgan fingerprint density at radius 2 is 1.80 bits per heavy atom. The number of carbonyl (C=O) groups excluding carboxylic acids is 1. The van der Waals surface area contributed by atoms with Crippen molar-refractivity contribution in [3.8, 4) is 0 Å². The van der Waals surface area contributed by atoms with Crippen molar-refractivity contribution in [3.63, 3.8) is 0 Å². The van der Waals surface area contributed by atoms with E-state index in [0.29, 0.717) is 31.6 Å². The van der Waals surface area contributed by atoms with E-state index in [2.05, 4.69) is 5.32 Å². The number of benzene rings is 1. The number of rotatable bonds is 5. The van der Waals surface area contributed by atoms with Crippen LogP contribution in [-0.2, 0) is 19.0 Å². The van der Waals surface area contributed by atoms with Gasteiger partial charge in [0.1, 0.15) is 5.82 Å². The molecule has 1 fully saturated rings. The quantitative estimate of drug-likeness (QED) is 0.562. The Kier molecular flexibility index (Phi) is 7.30. The highest BCUT2D eigenvalue weighted by atomic mass is 35.5. The molecule has 4 rings (SSSR count). The van der Waals surface area contributed by atoms with Crippen LogP contribution in [-0.4, -0.2) is 42.2 Å². The van der Waals surface area contributed by atoms with Crippen LogP contribution >= 0.6 is 11.6 Å². The van der Waals surface area contributed by atoms with Gasteiger partial charge in [0.05, 0.1) is 22.0 Å². The molecule has 0 radical (unpaired) electrons. The topological polar surface area (TPSA) is 87.4 Å². The molecule has 11 heteroatoms. The maximum atomic E-state index is 13.7. The standard InChI is InChI=1S/C24H30ClF3N6O/c1-33(2)21-16-6-3-4-9-19(16)31-23(32-21)30-14-10-12-15(13-11-14)34(22(29)35)20-17(24(26,27)28)7-5-8-18(20)25/h5,7-8,14-15H,3-4,6,9-13H2,1-2H3,(H2,29,35)(H,30,31,32)/t14-,15+. The number of alkyl halides is 3. The molecule has 190 valence electrons. The maximum absolute atomic E-state index is 13.7. The number of halogens is 4. The fourth-order valence-electron chi connectivity index (χ4n) is 5.13. The van der Waals surface area contributed by atoms with Crippen LogP contribution < -0.4 is 20.9 Å². The Morgan fingerprint density at radius 1 is 1.11 bits per heavy atom. The molecule has 35 heavy (non-hydrogen) atoms. The third-order valence-corrected chi connectivity index (χ3v) is 7.06. The van der Waals surface area contributed by atoms with Crippen molar-refractivity contribution in [3.05, 3.63) is 40.0 Å². The van der Waals surface area contributed by atoms with Gasteiger partial charge >= 0.3 is 12.2 Å². The fourth-order valence-corrected chi connectivity index (χ4v) is 5.40. The number of carbonyl (C=O) groups is 1. The zero-order chi connectivity index (χ0) is 25.3. The van der Waals surface area contributed by atoms with Crippen LogP contribution in [0.3, 0.4) is 0 Å². The zero-order valence-corrected chi connectivity index (χ0v) is 20.6. The van der Waals surface area contributed by atoms with Gasteiger partial charge < -0.3 is 16.0 Å². The normalized spacial score (nSPS) is 20.2. The number of primary amides is 1. The van der Waals surface area contributed by atoms with Gasteiger partial charge in [0.25, 0.3) is 0 Å². The van der Waals surface area contributed by atoms with E-state index < -0.39 is 23.8 Å². The summed E-state index contributed by atoms with van der Waals surface area (Å²) >= 11 is 6.15. The van der Waals surface area contributed by atoms with Crippen molar-refractivity contribution in [2.24, 2.45) is 5.73 Å². The molecule has 0 aliphatic heterocycles. The van der Waals surface area contributed by atoms with Crippen LogP contribution in [0, 0.1) is 0 Å². The molecule has 0 saturated heterocycles. The van der Waals surface area contributed by atoms with Crippen LogP contribution in [0.5, 0.6) is 0 Å². The van der Waals surface area contributed by atoms with E-state index in [4.69, 9.17) is 27.3 Å². The SMILES string of the molecule is CN(C)c1nc(N[C@H]2CC[C@@H](N(C(N)=O)c3c(Cl)cccc3C(F)(F)F)CC2)nc2c1CCCC2. The Bertz CT molecular complexity index is 1090. The summed E-state index contributed by atoms with van der Waals surface area (Å²) in [5, 5.41) is 3.26. The molecule has 0 unspecified atom stereocenters. The predicted octanol–water partition coefficient (Wildman–Crippen LogP) is 5.40. The molecular formula is C24H30ClF3N6O. The Labute approximate surface area is 207 Å². The number of hydrogen-bond acceptors (Lipinski definition) is 5. The summed E-state index contributed by atoms with van der Waals surface area (Å²) in [7, 11) is 3.93. The van der Waals surface area contributed by atoms with Gasteiger partial charge in [0.2, 0.25) is 5.95 Å². The van der Waals surface area contributed by atoms with Gasteiger partial charge in [-0.3, -0.25) is 4.90 Å². The molecule has 2 amide bonds. The lowest BCUT2D eigenvalue weighted by Crippen LogP contribution is -2.47. The molecule has 0 spiro atoms. The summed E-state index contributed by atoms with van der Waals surface area (Å²) in [4.78, 5) is 24.8. The van der Waals surface area contributed by atoms with E-state index in [9.17, 15) is 18.0 Å². The maximum Gasteiger partial charge on any atom is 0.418 e. The number of aromatic nitrogens is 2. The van der Waals surface area contributed by atoms with Crippen molar-refractivity contribution in [2.75, 3.05) is 29.2 Å². The highest BCUT2D eigenvalue weighted by Crippen LogP contribution is 2.43. The van der Waals surface area contributed by atoms with Gasteiger partial charge in [-0.05, 0) is 63.5 Å². The second-order valence-corrected chi connectivity index (χ2v) is 9.80. The number of urea groups is 1. The van der Waals surface area contributed by atoms with E-state index in [1.54, 1.807) is 0 Å². The third-order valence-electron chi connectivity index (χ3n) is 6.75. The van der Waals surface area contributed by atoms with Crippen LogP contribution in [0.15, 0.2) is 18.2 Å². The monoisotopic (exact) mass is 510 g/mol. The third kappa shape index (κ3) is 5.42. The molecule has 1 heterocycles. The van der Waals surface area contributed by atoms with Gasteiger partial charge in [-0.15, -0.1) is 0 Å². The number of amides is 2. The number of anilines is 3. The van der Waals surface area contributed by atoms with Gasteiger partial charge in [0, 0.05) is 31.7 Å². The number of para-hydroxylation sites is 1. The van der Waals surface area contributed by atoms with Crippen molar-refractivity contribution in [1.29, 1.82) is 0 Å². The second-order valence-electron chi connectivity index (χ2n) is 9.39. The Balaban J connectivity index is 1.51. The Morgan fingerprint density at radius 3 is 2.43 bits per heavy atom. The molecule has 1 aromatic heterocycles. The molecule has 3 N–H and O–H groups in total. The number of fused-ring (bicyclic) bond motifs is 1. The van der Waals surface area contributed by atoms with E-state index in [1.165, 1.54) is 17.7 Å². The first-order valence-electron chi connectivity index (χ1n) is 11.8. The van der Waals surface area contributed by atoms with Crippen molar-refractivity contribution in [2.45, 2.75) is 69.6 Å². The molecule has 7 nitrogen and oxygen atoms in total. The molecule has 0 atom stereocenters. The molecule has 2 aromatic rings. The van der Waals surface area contributed by atoms with Gasteiger partial charge in [-0.1, -0.05) is 17.7 Å². The smallest absolute Gasteiger partial charge is 0.362 e. The minimum absolute atomic E-state index is 0.0333. The summed E-state index contributed by atoms with van der Waals surface area (Å²) in [5.74, 6) is 1.49. The van der Waals surface area contributed by atoms with Crippen molar-refractivity contribution >= 4 is 35.1 Å². The van der Waals surface area contributed by atoms with E-state index in [0.717, 1.165) is 48.2 Å². The van der Waals surface area contributed by atoms with Gasteiger partial charge in [-0.2, -0.15) is 18.2 Å². The van der Waals surface area contributed by atoms with Gasteiger partial charge in [-0.25, -0.2) is 9.78 Å². The minimum Gasteiger partial charge on any atom is -0.362 e. The Hall–Kier alpha value is -2.75. The number of nitrogens with two attached hydrogens (primary N) is 1. The summed E-state index contributed by atoms with van der Waals surface area (Å²) in [6.07, 6.45) is 1.64. The number of hydrogen-bond donors (Lipinski definition) is 2. The lowest BCUT2D eigenvalue weighted by atomic mass is 9.89. The van der Waals surface area contributed by atoms with E-state index in [-0.39, 0.29) is 16.8 Å². The lowest BCUT2D eigenvalue weighted by molar-refractivity contribution is -0.137. The predicted molar refractivity (Wildman–Crippen MR) is 131 cm³/mol. The summed E-state index contributed by atoms with van der Waals surface area (Å²) in [5.41, 5.74) is 6.50. The van der Waals surface area contributed by atoms with E-state index in [1.807, 2.05) is 19.0 Å². The lowest BCUT2D eigenvalue weighted by Gasteiger charge is -2.37. The first kappa shape index (κ1) is 25.3. The largest absolute Gasteiger partial charge is 0.418 e. The minimum atomic E-state index is -4.67. The summed E-state index contributed by atoms with van der Waals surface area (Å²) in [6, 6.07) is 2.06. The molecular weight excluding hydrogens is 481 g/mol. The van der Waals surface area contributed by atoms with Crippen LogP contribution in [0.1, 0.15) is 55.3 Å². The average molecular weight is 511 g/mol. The highest BCUT2D eigenvalue weighted by molar-refractivity contribution is 6.34. The average Bonchev–Trinajstić information content (AvgIpc) is 2.80. The zero-order valence-electron chi connectivity index (χ0n) is 19.8. The first-order chi connectivity index (χ1) is 16.6. The molecule has 1 aromatic carbocycles. The molecule has 2 aliphatic rings. The summed E-state index contributed by atoms with van der Waals surface area (Å²) in [6.45, 7) is 0. The van der Waals surface area contributed by atoms with Crippen LogP contribution in [0.2, 0.25) is 5.02 Å². The summed E-state index contributed by atoms with van der Waals surface area (Å²) < 4.78 is 41.0. The van der Waals surface area contributed by atoms with Crippen LogP contribution in [0.4, 0.5) is 35.4 Å². The van der Waals surface area contributed by atoms with Crippen molar-refractivity contribution in [1.82, 2.24) is 9.97 Å². The molecule has 1 saturated carbocycles. The van der Waals surface area contributed by atoms with Crippen LogP contribution in [0.25, 0.3) is 0 Å². The van der Waals surface area contributed by atoms with Gasteiger partial charge in [0.15, 0.2) is 0 Å². The fraction of sp³-hybridized carbons (Fsp3) is 0.542. The molecule has 0 bridgehead atoms. The van der Waals surface area contributed by atoms with E-state index >= 15 is 0 Å². The highest BCUT2D eigenvalue weighted by Gasteiger charge is 2.39. The number of nitrogens with zero attached hydrogens (tertiary/aromatic N) is 4. The van der Waals surface area contributed by atoms with Crippen molar-refractivity contribution < 1.29 is 18.0 Å². The first-order valence-corrected chi connectivity index (χ1v) is 12.2. The number of aryl methyl sites for hydroxylation is 1. The number of nitrogens with one attached hydrogen (secondary N) is 1. The molecule has 2 aliphatic carbocycles.